The van der Waals surface area contributed by atoms with Gasteiger partial charge in [-0.25, -0.2) is 0 Å². The van der Waals surface area contributed by atoms with Crippen LogP contribution in [0.2, 0.25) is 0 Å². The highest BCUT2D eigenvalue weighted by molar-refractivity contribution is 8.00. The molecule has 0 aliphatic heterocycles. The number of hydrogen-bond acceptors (Lipinski definition) is 3. The van der Waals surface area contributed by atoms with Crippen molar-refractivity contribution < 1.29 is 35.9 Å². The first-order valence-electron chi connectivity index (χ1n) is 5.19. The van der Waals surface area contributed by atoms with Gasteiger partial charge in [-0.05, 0) is 24.8 Å². The van der Waals surface area contributed by atoms with Crippen LogP contribution in [0.4, 0.5) is 26.3 Å². The molecule has 1 aromatic carbocycles. The molecule has 0 bridgehead atoms. The Bertz CT molecular complexity index is 528. The number of halogens is 7. The first-order valence-corrected chi connectivity index (χ1v) is 6.45. The number of ether oxygens (including phenoxy) is 1. The number of carbonyl (C=O) groups excluding carboxylic acids is 1. The van der Waals surface area contributed by atoms with Gasteiger partial charge in [0.1, 0.15) is 11.1 Å². The van der Waals surface area contributed by atoms with Gasteiger partial charge in [0.25, 0.3) is 0 Å². The zero-order chi connectivity index (χ0) is 16.4. The number of hydrogen-bond donors (Lipinski definition) is 0. The van der Waals surface area contributed by atoms with Crippen molar-refractivity contribution in [3.63, 3.8) is 0 Å². The average molecular weight is 353 g/mol. The summed E-state index contributed by atoms with van der Waals surface area (Å²) >= 11 is 4.85. The van der Waals surface area contributed by atoms with E-state index in [-0.39, 0.29) is 0 Å². The molecular weight excluding hydrogens is 346 g/mol. The lowest BCUT2D eigenvalue weighted by atomic mass is 10.1. The van der Waals surface area contributed by atoms with Gasteiger partial charge in [0.15, 0.2) is 5.78 Å². The molecule has 2 nitrogen and oxygen atoms in total. The molecule has 0 aromatic heterocycles. The molecule has 0 aliphatic rings. The Morgan fingerprint density at radius 2 is 1.81 bits per heavy atom. The van der Waals surface area contributed by atoms with E-state index in [4.69, 9.17) is 11.6 Å². The Hall–Kier alpha value is -1.09. The van der Waals surface area contributed by atoms with E-state index >= 15 is 0 Å². The summed E-state index contributed by atoms with van der Waals surface area (Å²) in [5.74, 6) is -1.85. The highest BCUT2D eigenvalue weighted by atomic mass is 35.5. The van der Waals surface area contributed by atoms with Gasteiger partial charge >= 0.3 is 11.9 Å². The van der Waals surface area contributed by atoms with Crippen molar-refractivity contribution in [2.45, 2.75) is 29.1 Å². The third kappa shape index (κ3) is 5.66. The van der Waals surface area contributed by atoms with Crippen molar-refractivity contribution in [3.8, 4) is 5.75 Å². The van der Waals surface area contributed by atoms with Crippen molar-refractivity contribution in [2.75, 3.05) is 0 Å². The van der Waals surface area contributed by atoms with Gasteiger partial charge in [0.2, 0.25) is 0 Å². The van der Waals surface area contributed by atoms with E-state index in [1.54, 1.807) is 0 Å². The summed E-state index contributed by atoms with van der Waals surface area (Å²) in [6.07, 6.45) is -5.22. The second-order valence-corrected chi connectivity index (χ2v) is 5.29. The van der Waals surface area contributed by atoms with Gasteiger partial charge in [-0.2, -0.15) is 13.2 Å². The molecule has 0 N–H and O–H groups in total. The molecule has 0 amide bonds. The van der Waals surface area contributed by atoms with Crippen LogP contribution in [-0.2, 0) is 4.79 Å². The molecule has 118 valence electrons. The summed E-state index contributed by atoms with van der Waals surface area (Å²) in [7, 11) is 0. The van der Waals surface area contributed by atoms with Gasteiger partial charge in [-0.15, -0.1) is 24.8 Å². The number of para-hydroxylation sites is 1. The molecule has 0 radical (unpaired) electrons. The zero-order valence-corrected chi connectivity index (χ0v) is 11.8. The summed E-state index contributed by atoms with van der Waals surface area (Å²) in [5, 5.41) is -1.55. The second kappa shape index (κ2) is 6.35. The number of alkyl halides is 7. The Morgan fingerprint density at radius 1 is 1.24 bits per heavy atom. The zero-order valence-electron chi connectivity index (χ0n) is 10.2. The van der Waals surface area contributed by atoms with E-state index in [9.17, 15) is 31.1 Å². The third-order valence-corrected chi connectivity index (χ3v) is 3.40. The Balaban J connectivity index is 3.37. The minimum atomic E-state index is -5.22. The lowest BCUT2D eigenvalue weighted by Gasteiger charge is -2.19. The van der Waals surface area contributed by atoms with Crippen molar-refractivity contribution >= 4 is 29.1 Å². The topological polar surface area (TPSA) is 26.3 Å². The summed E-state index contributed by atoms with van der Waals surface area (Å²) in [6, 6.07) is 2.86. The number of benzene rings is 1. The van der Waals surface area contributed by atoms with Crippen molar-refractivity contribution in [1.82, 2.24) is 0 Å². The number of rotatable bonds is 4. The normalized spacial score (nSPS) is 13.9. The van der Waals surface area contributed by atoms with Crippen LogP contribution in [0.15, 0.2) is 23.1 Å². The second-order valence-electron chi connectivity index (χ2n) is 3.74. The van der Waals surface area contributed by atoms with E-state index in [1.165, 1.54) is 0 Å². The van der Waals surface area contributed by atoms with Crippen molar-refractivity contribution in [1.29, 1.82) is 0 Å². The Labute approximate surface area is 124 Å². The molecular formula is C11H7ClF6O2S. The predicted octanol–water partition coefficient (Wildman–Crippen LogP) is 5.07. The molecule has 10 heteroatoms. The van der Waals surface area contributed by atoms with Gasteiger partial charge < -0.3 is 4.74 Å². The minimum absolute atomic E-state index is 0.476. The molecule has 0 spiro atoms. The smallest absolute Gasteiger partial charge is 0.404 e. The summed E-state index contributed by atoms with van der Waals surface area (Å²) in [4.78, 5) is 10.3. The lowest BCUT2D eigenvalue weighted by molar-refractivity contribution is -0.275. The molecule has 1 unspecified atom stereocenters. The molecule has 0 heterocycles. The predicted molar refractivity (Wildman–Crippen MR) is 64.3 cm³/mol. The largest absolute Gasteiger partial charge is 0.573 e. The molecule has 0 saturated heterocycles. The van der Waals surface area contributed by atoms with Crippen molar-refractivity contribution in [3.05, 3.63) is 23.8 Å². The SMILES string of the molecule is CC(=O)C(Cl)c1cccc(SC(F)(F)F)c1OC(F)(F)F. The molecule has 0 fully saturated rings. The van der Waals surface area contributed by atoms with Crippen molar-refractivity contribution in [2.24, 2.45) is 0 Å². The third-order valence-electron chi connectivity index (χ3n) is 2.08. The number of Topliss-reactive ketones (excluding diaryl/α,β-unsaturated/α-hetero) is 1. The molecule has 21 heavy (non-hydrogen) atoms. The van der Waals surface area contributed by atoms with E-state index < -0.39 is 51.0 Å². The fourth-order valence-electron chi connectivity index (χ4n) is 1.38. The van der Waals surface area contributed by atoms with Gasteiger partial charge in [0, 0.05) is 5.56 Å². The number of ketones is 1. The first kappa shape index (κ1) is 18.0. The highest BCUT2D eigenvalue weighted by Crippen LogP contribution is 2.46. The molecule has 1 atom stereocenters. The van der Waals surface area contributed by atoms with Gasteiger partial charge in [-0.1, -0.05) is 12.1 Å². The fourth-order valence-corrected chi connectivity index (χ4v) is 2.20. The number of thioether (sulfide) groups is 1. The van der Waals surface area contributed by atoms with E-state index in [2.05, 4.69) is 4.74 Å². The average Bonchev–Trinajstić information content (AvgIpc) is 2.26. The molecule has 0 aliphatic carbocycles. The minimum Gasteiger partial charge on any atom is -0.404 e. The highest BCUT2D eigenvalue weighted by Gasteiger charge is 2.38. The molecule has 0 saturated carbocycles. The summed E-state index contributed by atoms with van der Waals surface area (Å²) in [6.45, 7) is 0.999. The van der Waals surface area contributed by atoms with E-state index in [0.29, 0.717) is 0 Å². The van der Waals surface area contributed by atoms with Crippen LogP contribution >= 0.6 is 23.4 Å². The summed E-state index contributed by atoms with van der Waals surface area (Å²) < 4.78 is 77.8. The standard InChI is InChI=1S/C11H7ClF6O2S/c1-5(19)8(12)6-3-2-4-7(21-11(16,17)18)9(6)20-10(13,14)15/h2-4,8H,1H3. The molecule has 1 aromatic rings. The first-order chi connectivity index (χ1) is 9.41. The fraction of sp³-hybridized carbons (Fsp3) is 0.364. The van der Waals surface area contributed by atoms with Crippen LogP contribution in [0.1, 0.15) is 17.9 Å². The van der Waals surface area contributed by atoms with Crippen LogP contribution < -0.4 is 4.74 Å². The van der Waals surface area contributed by atoms with Crippen LogP contribution in [-0.4, -0.2) is 17.7 Å². The van der Waals surface area contributed by atoms with Crippen LogP contribution in [0.3, 0.4) is 0 Å². The lowest BCUT2D eigenvalue weighted by Crippen LogP contribution is -2.20. The van der Waals surface area contributed by atoms with Crippen LogP contribution in [0.5, 0.6) is 5.75 Å². The maximum atomic E-state index is 12.4. The van der Waals surface area contributed by atoms with Gasteiger partial charge in [0.05, 0.1) is 4.90 Å². The molecule has 1 rings (SSSR count). The maximum Gasteiger partial charge on any atom is 0.573 e. The van der Waals surface area contributed by atoms with Crippen LogP contribution in [0.25, 0.3) is 0 Å². The maximum absolute atomic E-state index is 12.4. The quantitative estimate of drug-likeness (QED) is 0.430. The van der Waals surface area contributed by atoms with Crippen LogP contribution in [0, 0.1) is 0 Å². The Kier molecular flexibility index (Phi) is 5.43. The Morgan fingerprint density at radius 3 is 2.24 bits per heavy atom. The summed E-state index contributed by atoms with van der Waals surface area (Å²) in [5.41, 5.74) is -5.30. The number of carbonyl (C=O) groups is 1. The van der Waals surface area contributed by atoms with E-state index in [0.717, 1.165) is 25.1 Å². The monoisotopic (exact) mass is 352 g/mol. The van der Waals surface area contributed by atoms with Gasteiger partial charge in [-0.3, -0.25) is 4.79 Å². The van der Waals surface area contributed by atoms with E-state index in [1.807, 2.05) is 0 Å².